The number of halogens is 1. The summed E-state index contributed by atoms with van der Waals surface area (Å²) in [6, 6.07) is 5.73. The largest absolute Gasteiger partial charge is 0.493 e. The summed E-state index contributed by atoms with van der Waals surface area (Å²) < 4.78 is 10.9. The normalized spacial score (nSPS) is 10.9. The average Bonchev–Trinajstić information content (AvgIpc) is 2.71. The molecule has 2 rings (SSSR count). The van der Waals surface area contributed by atoms with Crippen LogP contribution in [0.5, 0.6) is 5.75 Å². The topological polar surface area (TPSA) is 35.3 Å². The van der Waals surface area contributed by atoms with E-state index in [0.717, 1.165) is 28.8 Å². The molecule has 1 aromatic heterocycles. The Morgan fingerprint density at radius 2 is 2.31 bits per heavy atom. The molecule has 1 heterocycles. The quantitative estimate of drug-likeness (QED) is 0.751. The molecule has 0 saturated carbocycles. The van der Waals surface area contributed by atoms with E-state index in [-0.39, 0.29) is 0 Å². The molecule has 0 radical (unpaired) electrons. The highest BCUT2D eigenvalue weighted by Gasteiger charge is 2.12. The summed E-state index contributed by atoms with van der Waals surface area (Å²) in [6.07, 6.45) is 1.67. The Bertz CT molecular complexity index is 467. The number of hydrogen-bond acceptors (Lipinski definition) is 3. The summed E-state index contributed by atoms with van der Waals surface area (Å²) >= 11 is 5.73. The van der Waals surface area contributed by atoms with Gasteiger partial charge in [0.25, 0.3) is 0 Å². The van der Waals surface area contributed by atoms with Crippen molar-refractivity contribution in [3.8, 4) is 5.75 Å². The number of ether oxygens (including phenoxy) is 1. The van der Waals surface area contributed by atoms with E-state index in [0.29, 0.717) is 18.9 Å². The van der Waals surface area contributed by atoms with Crippen LogP contribution in [0.1, 0.15) is 19.0 Å². The first-order valence-electron chi connectivity index (χ1n) is 5.43. The Balaban J connectivity index is 2.41. The average molecular weight is 240 g/mol. The fraction of sp³-hybridized carbons (Fsp3) is 0.417. The summed E-state index contributed by atoms with van der Waals surface area (Å²) in [6.45, 7) is 2.78. The zero-order valence-corrected chi connectivity index (χ0v) is 9.96. The molecule has 0 unspecified atom stereocenters. The number of aryl methyl sites for hydroxylation is 1. The first-order chi connectivity index (χ1) is 7.86. The van der Waals surface area contributed by atoms with Crippen molar-refractivity contribution in [3.63, 3.8) is 0 Å². The van der Waals surface area contributed by atoms with E-state index in [1.165, 1.54) is 0 Å². The molecular weight excluding hydrogens is 226 g/mol. The molecule has 0 bridgehead atoms. The zero-order valence-electron chi connectivity index (χ0n) is 9.20. The maximum atomic E-state index is 5.73. The van der Waals surface area contributed by atoms with Crippen LogP contribution in [0.3, 0.4) is 0 Å². The van der Waals surface area contributed by atoms with Gasteiger partial charge in [-0.3, -0.25) is 0 Å². The Labute approximate surface area is 99.3 Å². The smallest absolute Gasteiger partial charge is 0.170 e. The van der Waals surface area contributed by atoms with Gasteiger partial charge in [0.1, 0.15) is 5.75 Å². The summed E-state index contributed by atoms with van der Waals surface area (Å²) in [5.74, 6) is 1.37. The van der Waals surface area contributed by atoms with Crippen molar-refractivity contribution >= 4 is 22.6 Å². The lowest BCUT2D eigenvalue weighted by Crippen LogP contribution is -1.96. The van der Waals surface area contributed by atoms with Crippen LogP contribution in [0.15, 0.2) is 22.7 Å². The van der Waals surface area contributed by atoms with Gasteiger partial charge in [0.05, 0.1) is 17.7 Å². The number of rotatable bonds is 5. The highest BCUT2D eigenvalue weighted by molar-refractivity contribution is 6.18. The molecule has 3 nitrogen and oxygen atoms in total. The lowest BCUT2D eigenvalue weighted by molar-refractivity contribution is 0.321. The monoisotopic (exact) mass is 239 g/mol. The first kappa shape index (κ1) is 11.3. The Morgan fingerprint density at radius 1 is 1.44 bits per heavy atom. The molecule has 0 aliphatic heterocycles. The highest BCUT2D eigenvalue weighted by atomic mass is 35.5. The van der Waals surface area contributed by atoms with E-state index in [4.69, 9.17) is 20.9 Å². The number of nitrogens with zero attached hydrogens (tertiary/aromatic N) is 1. The van der Waals surface area contributed by atoms with Crippen LogP contribution in [0.4, 0.5) is 0 Å². The van der Waals surface area contributed by atoms with Crippen molar-refractivity contribution in [3.05, 3.63) is 23.9 Å². The molecule has 0 atom stereocenters. The van der Waals surface area contributed by atoms with Crippen LogP contribution < -0.4 is 4.74 Å². The van der Waals surface area contributed by atoms with E-state index in [1.807, 2.05) is 18.2 Å². The lowest BCUT2D eigenvalue weighted by atomic mass is 10.1. The first-order valence-corrected chi connectivity index (χ1v) is 5.96. The molecule has 16 heavy (non-hydrogen) atoms. The van der Waals surface area contributed by atoms with Gasteiger partial charge in [-0.15, -0.1) is 11.6 Å². The van der Waals surface area contributed by atoms with E-state index < -0.39 is 0 Å². The van der Waals surface area contributed by atoms with Gasteiger partial charge in [-0.2, -0.15) is 0 Å². The van der Waals surface area contributed by atoms with Gasteiger partial charge in [0, 0.05) is 12.3 Å². The molecule has 2 aromatic rings. The standard InChI is InChI=1S/C12H14ClNO2/c1-2-8-15-10-4-3-5-11-12(10)9(6-7-13)14-16-11/h3-5H,2,6-8H2,1H3. The second-order valence-corrected chi connectivity index (χ2v) is 3.92. The number of fused-ring (bicyclic) bond motifs is 1. The minimum atomic E-state index is 0.531. The Kier molecular flexibility index (Phi) is 3.67. The predicted molar refractivity (Wildman–Crippen MR) is 64.2 cm³/mol. The molecule has 4 heteroatoms. The second kappa shape index (κ2) is 5.21. The van der Waals surface area contributed by atoms with Crippen LogP contribution in [0.2, 0.25) is 0 Å². The van der Waals surface area contributed by atoms with Gasteiger partial charge in [0.2, 0.25) is 0 Å². The number of aromatic nitrogens is 1. The number of hydrogen-bond donors (Lipinski definition) is 0. The molecule has 0 aliphatic rings. The van der Waals surface area contributed by atoms with Gasteiger partial charge in [-0.25, -0.2) is 0 Å². The van der Waals surface area contributed by atoms with Gasteiger partial charge in [0.15, 0.2) is 5.58 Å². The van der Waals surface area contributed by atoms with Crippen LogP contribution >= 0.6 is 11.6 Å². The van der Waals surface area contributed by atoms with Gasteiger partial charge in [-0.05, 0) is 18.6 Å². The third-order valence-electron chi connectivity index (χ3n) is 2.32. The van der Waals surface area contributed by atoms with Gasteiger partial charge >= 0.3 is 0 Å². The summed E-state index contributed by atoms with van der Waals surface area (Å²) in [5.41, 5.74) is 1.63. The van der Waals surface area contributed by atoms with Crippen molar-refractivity contribution < 1.29 is 9.26 Å². The molecule has 0 saturated heterocycles. The van der Waals surface area contributed by atoms with Crippen molar-refractivity contribution in [1.29, 1.82) is 0 Å². The summed E-state index contributed by atoms with van der Waals surface area (Å²) in [4.78, 5) is 0. The molecule has 0 N–H and O–H groups in total. The maximum absolute atomic E-state index is 5.73. The highest BCUT2D eigenvalue weighted by Crippen LogP contribution is 2.29. The summed E-state index contributed by atoms with van der Waals surface area (Å²) in [5, 5.41) is 4.97. The third-order valence-corrected chi connectivity index (χ3v) is 2.51. The second-order valence-electron chi connectivity index (χ2n) is 3.55. The molecule has 86 valence electrons. The molecular formula is C12H14ClNO2. The van der Waals surface area contributed by atoms with Crippen LogP contribution in [0, 0.1) is 0 Å². The Hall–Kier alpha value is -1.22. The van der Waals surface area contributed by atoms with E-state index in [9.17, 15) is 0 Å². The fourth-order valence-corrected chi connectivity index (χ4v) is 1.79. The number of benzene rings is 1. The van der Waals surface area contributed by atoms with Gasteiger partial charge in [-0.1, -0.05) is 18.1 Å². The van der Waals surface area contributed by atoms with Crippen LogP contribution in [-0.2, 0) is 6.42 Å². The van der Waals surface area contributed by atoms with Crippen molar-refractivity contribution in [2.75, 3.05) is 12.5 Å². The summed E-state index contributed by atoms with van der Waals surface area (Å²) in [7, 11) is 0. The fourth-order valence-electron chi connectivity index (χ4n) is 1.61. The van der Waals surface area contributed by atoms with Gasteiger partial charge < -0.3 is 9.26 Å². The van der Waals surface area contributed by atoms with Crippen LogP contribution in [0.25, 0.3) is 11.0 Å². The van der Waals surface area contributed by atoms with E-state index >= 15 is 0 Å². The lowest BCUT2D eigenvalue weighted by Gasteiger charge is -2.05. The van der Waals surface area contributed by atoms with Crippen molar-refractivity contribution in [2.45, 2.75) is 19.8 Å². The maximum Gasteiger partial charge on any atom is 0.170 e. The SMILES string of the molecule is CCCOc1cccc2onc(CCCl)c12. The third kappa shape index (κ3) is 2.14. The minimum Gasteiger partial charge on any atom is -0.493 e. The molecule has 0 aliphatic carbocycles. The van der Waals surface area contributed by atoms with E-state index in [2.05, 4.69) is 12.1 Å². The predicted octanol–water partition coefficient (Wildman–Crippen LogP) is 3.40. The minimum absolute atomic E-state index is 0.531. The van der Waals surface area contributed by atoms with E-state index in [1.54, 1.807) is 0 Å². The Morgan fingerprint density at radius 3 is 3.06 bits per heavy atom. The molecule has 0 fully saturated rings. The van der Waals surface area contributed by atoms with Crippen LogP contribution in [-0.4, -0.2) is 17.6 Å². The molecule has 0 amide bonds. The van der Waals surface area contributed by atoms with Crippen molar-refractivity contribution in [2.24, 2.45) is 0 Å². The van der Waals surface area contributed by atoms with Crippen molar-refractivity contribution in [1.82, 2.24) is 5.16 Å². The molecule has 0 spiro atoms. The zero-order chi connectivity index (χ0) is 11.4. The molecule has 1 aromatic carbocycles. The number of alkyl halides is 1.